The van der Waals surface area contributed by atoms with Crippen molar-refractivity contribution in [3.05, 3.63) is 70.0 Å². The van der Waals surface area contributed by atoms with E-state index in [1.165, 1.54) is 22.8 Å². The fraction of sp³-hybridized carbons (Fsp3) is 0.294. The molecule has 2 aromatic carbocycles. The summed E-state index contributed by atoms with van der Waals surface area (Å²) < 4.78 is 13.4. The summed E-state index contributed by atoms with van der Waals surface area (Å²) >= 11 is 1.84. The smallest absolute Gasteiger partial charge is 0.127 e. The molecule has 0 fully saturated rings. The molecule has 2 aromatic rings. The minimum absolute atomic E-state index is 0.212. The average molecular weight is 289 g/mol. The summed E-state index contributed by atoms with van der Waals surface area (Å²) in [6, 6.07) is 11.8. The van der Waals surface area contributed by atoms with Crippen LogP contribution in [0.3, 0.4) is 0 Å². The van der Waals surface area contributed by atoms with Crippen molar-refractivity contribution in [3.8, 4) is 0 Å². The van der Waals surface area contributed by atoms with Gasteiger partial charge in [0.1, 0.15) is 5.82 Å². The number of hydrogen-bond acceptors (Lipinski definition) is 2. The van der Waals surface area contributed by atoms with E-state index >= 15 is 0 Å². The number of nitrogens with two attached hydrogens (primary N) is 1. The maximum Gasteiger partial charge on any atom is 0.127 e. The van der Waals surface area contributed by atoms with Gasteiger partial charge in [-0.15, -0.1) is 0 Å². The van der Waals surface area contributed by atoms with Crippen LogP contribution < -0.4 is 5.73 Å². The summed E-state index contributed by atoms with van der Waals surface area (Å²) in [5.74, 6) is 1.63. The van der Waals surface area contributed by atoms with Gasteiger partial charge in [-0.05, 0) is 31.0 Å². The number of benzene rings is 2. The Hall–Kier alpha value is -1.32. The lowest BCUT2D eigenvalue weighted by Crippen LogP contribution is -2.00. The third kappa shape index (κ3) is 4.09. The fourth-order valence-electron chi connectivity index (χ4n) is 2.31. The molecule has 0 saturated heterocycles. The minimum Gasteiger partial charge on any atom is -0.326 e. The van der Waals surface area contributed by atoms with Crippen LogP contribution in [0.2, 0.25) is 0 Å². The van der Waals surface area contributed by atoms with Gasteiger partial charge in [-0.1, -0.05) is 41.5 Å². The van der Waals surface area contributed by atoms with Crippen molar-refractivity contribution in [3.63, 3.8) is 0 Å². The standard InChI is InChI=1S/C17H20FNS/c1-12-5-13(2)7-15(6-12)11-20-10-14-3-4-17(18)16(8-14)9-19/h3-8H,9-11,19H2,1-2H3. The molecular formula is C17H20FNS. The Bertz CT molecular complexity index is 575. The van der Waals surface area contributed by atoms with E-state index in [1.54, 1.807) is 0 Å². The average Bonchev–Trinajstić information content (AvgIpc) is 2.39. The molecule has 0 aliphatic heterocycles. The molecule has 0 bridgehead atoms. The summed E-state index contributed by atoms with van der Waals surface area (Å²) in [5, 5.41) is 0. The first kappa shape index (κ1) is 15.1. The van der Waals surface area contributed by atoms with Crippen molar-refractivity contribution >= 4 is 11.8 Å². The second kappa shape index (κ2) is 6.91. The van der Waals surface area contributed by atoms with Gasteiger partial charge in [-0.25, -0.2) is 4.39 Å². The Morgan fingerprint density at radius 1 is 0.950 bits per heavy atom. The summed E-state index contributed by atoms with van der Waals surface area (Å²) in [5.41, 5.74) is 11.2. The molecule has 3 heteroatoms. The van der Waals surface area contributed by atoms with Gasteiger partial charge in [0.15, 0.2) is 0 Å². The molecule has 1 nitrogen and oxygen atoms in total. The molecule has 20 heavy (non-hydrogen) atoms. The Labute approximate surface area is 124 Å². The third-order valence-electron chi connectivity index (χ3n) is 3.15. The third-order valence-corrected chi connectivity index (χ3v) is 4.22. The van der Waals surface area contributed by atoms with Crippen LogP contribution in [0.15, 0.2) is 36.4 Å². The highest BCUT2D eigenvalue weighted by Gasteiger charge is 2.03. The number of rotatable bonds is 5. The molecule has 0 heterocycles. The Balaban J connectivity index is 1.95. The molecule has 0 spiro atoms. The van der Waals surface area contributed by atoms with E-state index in [9.17, 15) is 4.39 Å². The zero-order valence-electron chi connectivity index (χ0n) is 11.9. The topological polar surface area (TPSA) is 26.0 Å². The van der Waals surface area contributed by atoms with E-state index in [2.05, 4.69) is 32.0 Å². The predicted molar refractivity (Wildman–Crippen MR) is 85.2 cm³/mol. The molecule has 0 atom stereocenters. The maximum atomic E-state index is 13.4. The van der Waals surface area contributed by atoms with E-state index in [0.717, 1.165) is 17.1 Å². The zero-order valence-corrected chi connectivity index (χ0v) is 12.8. The largest absolute Gasteiger partial charge is 0.326 e. The Morgan fingerprint density at radius 3 is 2.25 bits per heavy atom. The molecule has 106 valence electrons. The van der Waals surface area contributed by atoms with Crippen molar-refractivity contribution in [1.29, 1.82) is 0 Å². The van der Waals surface area contributed by atoms with E-state index < -0.39 is 0 Å². The monoisotopic (exact) mass is 289 g/mol. The molecule has 0 radical (unpaired) electrons. The van der Waals surface area contributed by atoms with Gasteiger partial charge in [0, 0.05) is 23.6 Å². The molecular weight excluding hydrogens is 269 g/mol. The van der Waals surface area contributed by atoms with Crippen LogP contribution in [0, 0.1) is 19.7 Å². The second-order valence-electron chi connectivity index (χ2n) is 5.12. The Morgan fingerprint density at radius 2 is 1.60 bits per heavy atom. The molecule has 0 saturated carbocycles. The van der Waals surface area contributed by atoms with Gasteiger partial charge in [0.25, 0.3) is 0 Å². The van der Waals surface area contributed by atoms with Crippen LogP contribution in [0.1, 0.15) is 27.8 Å². The number of hydrogen-bond donors (Lipinski definition) is 1. The van der Waals surface area contributed by atoms with Crippen LogP contribution in [0.25, 0.3) is 0 Å². The fourth-order valence-corrected chi connectivity index (χ4v) is 3.23. The van der Waals surface area contributed by atoms with Crippen molar-refractivity contribution in [2.75, 3.05) is 0 Å². The van der Waals surface area contributed by atoms with Gasteiger partial charge in [-0.2, -0.15) is 11.8 Å². The summed E-state index contributed by atoms with van der Waals surface area (Å²) in [4.78, 5) is 0. The normalized spacial score (nSPS) is 10.8. The lowest BCUT2D eigenvalue weighted by Gasteiger charge is -2.07. The first-order valence-electron chi connectivity index (χ1n) is 6.71. The van der Waals surface area contributed by atoms with Crippen molar-refractivity contribution < 1.29 is 4.39 Å². The maximum absolute atomic E-state index is 13.4. The Kier molecular flexibility index (Phi) is 5.21. The van der Waals surface area contributed by atoms with Gasteiger partial charge in [0.05, 0.1) is 0 Å². The van der Waals surface area contributed by atoms with Crippen LogP contribution in [-0.4, -0.2) is 0 Å². The second-order valence-corrected chi connectivity index (χ2v) is 6.10. The van der Waals surface area contributed by atoms with Crippen LogP contribution >= 0.6 is 11.8 Å². The summed E-state index contributed by atoms with van der Waals surface area (Å²) in [7, 11) is 0. The van der Waals surface area contributed by atoms with Crippen LogP contribution in [0.5, 0.6) is 0 Å². The summed E-state index contributed by atoms with van der Waals surface area (Å²) in [6.07, 6.45) is 0. The SMILES string of the molecule is Cc1cc(C)cc(CSCc2ccc(F)c(CN)c2)c1. The molecule has 0 aliphatic carbocycles. The van der Waals surface area contributed by atoms with Gasteiger partial charge < -0.3 is 5.73 Å². The van der Waals surface area contributed by atoms with Gasteiger partial charge in [0.2, 0.25) is 0 Å². The molecule has 0 unspecified atom stereocenters. The number of halogens is 1. The first-order chi connectivity index (χ1) is 9.58. The van der Waals surface area contributed by atoms with Gasteiger partial charge in [-0.3, -0.25) is 0 Å². The quantitative estimate of drug-likeness (QED) is 0.886. The van der Waals surface area contributed by atoms with E-state index in [1.807, 2.05) is 23.9 Å². The first-order valence-corrected chi connectivity index (χ1v) is 7.86. The van der Waals surface area contributed by atoms with Crippen molar-refractivity contribution in [2.24, 2.45) is 5.73 Å². The van der Waals surface area contributed by atoms with Crippen molar-refractivity contribution in [2.45, 2.75) is 31.9 Å². The van der Waals surface area contributed by atoms with Crippen molar-refractivity contribution in [1.82, 2.24) is 0 Å². The molecule has 0 aliphatic rings. The number of aryl methyl sites for hydroxylation is 2. The summed E-state index contributed by atoms with van der Waals surface area (Å²) in [6.45, 7) is 4.49. The highest BCUT2D eigenvalue weighted by molar-refractivity contribution is 7.97. The van der Waals surface area contributed by atoms with E-state index in [0.29, 0.717) is 5.56 Å². The molecule has 0 amide bonds. The molecule has 2 N–H and O–H groups in total. The van der Waals surface area contributed by atoms with Crippen LogP contribution in [-0.2, 0) is 18.1 Å². The number of thioether (sulfide) groups is 1. The van der Waals surface area contributed by atoms with E-state index in [-0.39, 0.29) is 12.4 Å². The lowest BCUT2D eigenvalue weighted by atomic mass is 10.1. The van der Waals surface area contributed by atoms with E-state index in [4.69, 9.17) is 5.73 Å². The van der Waals surface area contributed by atoms with Crippen LogP contribution in [0.4, 0.5) is 4.39 Å². The zero-order chi connectivity index (χ0) is 14.5. The predicted octanol–water partition coefficient (Wildman–Crippen LogP) is 4.33. The molecule has 0 aromatic heterocycles. The molecule has 2 rings (SSSR count). The lowest BCUT2D eigenvalue weighted by molar-refractivity contribution is 0.610. The highest BCUT2D eigenvalue weighted by atomic mass is 32.2. The van der Waals surface area contributed by atoms with Gasteiger partial charge >= 0.3 is 0 Å². The highest BCUT2D eigenvalue weighted by Crippen LogP contribution is 2.21. The minimum atomic E-state index is -0.212.